The van der Waals surface area contributed by atoms with Crippen LogP contribution < -0.4 is 0 Å². The standard InChI is InChI=1S/C16H14N2/c1-2-7-14-12(4-1)9-16(18-14)15-8-11-5-3-6-13(11)10-17-15/h1-2,4,7-10,18H,3,5-6H2. The molecule has 2 aromatic heterocycles. The van der Waals surface area contributed by atoms with Crippen molar-refractivity contribution in [1.29, 1.82) is 0 Å². The van der Waals surface area contributed by atoms with Crippen LogP contribution in [-0.2, 0) is 12.8 Å². The molecule has 0 saturated carbocycles. The third-order valence-corrected chi connectivity index (χ3v) is 3.78. The average Bonchev–Trinajstić information content (AvgIpc) is 3.04. The summed E-state index contributed by atoms with van der Waals surface area (Å²) in [6, 6.07) is 12.8. The fraction of sp³-hybridized carbons (Fsp3) is 0.188. The highest BCUT2D eigenvalue weighted by Gasteiger charge is 2.13. The van der Waals surface area contributed by atoms with Crippen molar-refractivity contribution in [2.75, 3.05) is 0 Å². The summed E-state index contributed by atoms with van der Waals surface area (Å²) < 4.78 is 0. The topological polar surface area (TPSA) is 28.7 Å². The molecule has 0 atom stereocenters. The maximum atomic E-state index is 4.58. The second kappa shape index (κ2) is 3.70. The van der Waals surface area contributed by atoms with Crippen molar-refractivity contribution in [3.63, 3.8) is 0 Å². The summed E-state index contributed by atoms with van der Waals surface area (Å²) in [5.74, 6) is 0. The Balaban J connectivity index is 1.86. The highest BCUT2D eigenvalue weighted by atomic mass is 14.8. The predicted molar refractivity (Wildman–Crippen MR) is 73.6 cm³/mol. The van der Waals surface area contributed by atoms with Gasteiger partial charge in [0.1, 0.15) is 0 Å². The molecule has 18 heavy (non-hydrogen) atoms. The maximum absolute atomic E-state index is 4.58. The summed E-state index contributed by atoms with van der Waals surface area (Å²) in [6.45, 7) is 0. The molecule has 0 unspecified atom stereocenters. The number of hydrogen-bond acceptors (Lipinski definition) is 1. The van der Waals surface area contributed by atoms with Crippen molar-refractivity contribution in [3.8, 4) is 11.4 Å². The average molecular weight is 234 g/mol. The predicted octanol–water partition coefficient (Wildman–Crippen LogP) is 3.72. The number of rotatable bonds is 1. The van der Waals surface area contributed by atoms with E-state index >= 15 is 0 Å². The van der Waals surface area contributed by atoms with Gasteiger partial charge in [0, 0.05) is 17.1 Å². The molecule has 0 fully saturated rings. The number of H-pyrrole nitrogens is 1. The van der Waals surface area contributed by atoms with Crippen LogP contribution in [0.1, 0.15) is 17.5 Å². The summed E-state index contributed by atoms with van der Waals surface area (Å²) in [5, 5.41) is 1.25. The maximum Gasteiger partial charge on any atom is 0.0867 e. The van der Waals surface area contributed by atoms with Gasteiger partial charge in [-0.25, -0.2) is 0 Å². The quantitative estimate of drug-likeness (QED) is 0.683. The van der Waals surface area contributed by atoms with E-state index in [1.165, 1.54) is 41.3 Å². The van der Waals surface area contributed by atoms with Gasteiger partial charge in [0.2, 0.25) is 0 Å². The van der Waals surface area contributed by atoms with Gasteiger partial charge in [-0.15, -0.1) is 0 Å². The summed E-state index contributed by atoms with van der Waals surface area (Å²) in [6.07, 6.45) is 5.71. The number of para-hydroxylation sites is 1. The number of pyridine rings is 1. The number of benzene rings is 1. The molecule has 0 aliphatic heterocycles. The monoisotopic (exact) mass is 234 g/mol. The molecular formula is C16H14N2. The first-order chi connectivity index (χ1) is 8.90. The smallest absolute Gasteiger partial charge is 0.0867 e. The van der Waals surface area contributed by atoms with E-state index < -0.39 is 0 Å². The van der Waals surface area contributed by atoms with Crippen molar-refractivity contribution < 1.29 is 0 Å². The summed E-state index contributed by atoms with van der Waals surface area (Å²) in [4.78, 5) is 8.03. The Bertz CT molecular complexity index is 692. The number of hydrogen-bond donors (Lipinski definition) is 1. The molecule has 2 heteroatoms. The van der Waals surface area contributed by atoms with Crippen molar-refractivity contribution in [2.24, 2.45) is 0 Å². The fourth-order valence-electron chi connectivity index (χ4n) is 2.81. The van der Waals surface area contributed by atoms with Crippen LogP contribution in [0, 0.1) is 0 Å². The zero-order valence-corrected chi connectivity index (χ0v) is 10.1. The third kappa shape index (κ3) is 1.46. The van der Waals surface area contributed by atoms with Crippen LogP contribution in [0.4, 0.5) is 0 Å². The zero-order valence-electron chi connectivity index (χ0n) is 10.1. The molecule has 88 valence electrons. The summed E-state index contributed by atoms with van der Waals surface area (Å²) in [5.41, 5.74) is 6.25. The van der Waals surface area contributed by atoms with E-state index in [0.29, 0.717) is 0 Å². The molecule has 1 N–H and O–H groups in total. The molecule has 3 aromatic rings. The minimum Gasteiger partial charge on any atom is -0.353 e. The summed E-state index contributed by atoms with van der Waals surface area (Å²) >= 11 is 0. The lowest BCUT2D eigenvalue weighted by Gasteiger charge is -2.01. The van der Waals surface area contributed by atoms with E-state index in [-0.39, 0.29) is 0 Å². The van der Waals surface area contributed by atoms with Crippen molar-refractivity contribution in [3.05, 3.63) is 53.7 Å². The lowest BCUT2D eigenvalue weighted by Crippen LogP contribution is -1.89. The van der Waals surface area contributed by atoms with Crippen LogP contribution in [0.25, 0.3) is 22.3 Å². The largest absolute Gasteiger partial charge is 0.353 e. The third-order valence-electron chi connectivity index (χ3n) is 3.78. The molecule has 0 bridgehead atoms. The molecule has 0 amide bonds. The number of aryl methyl sites for hydroxylation is 2. The Morgan fingerprint density at radius 2 is 1.89 bits per heavy atom. The molecule has 2 heterocycles. The number of nitrogens with zero attached hydrogens (tertiary/aromatic N) is 1. The zero-order chi connectivity index (χ0) is 11.9. The molecule has 1 aliphatic rings. The Kier molecular flexibility index (Phi) is 2.04. The van der Waals surface area contributed by atoms with Crippen LogP contribution in [0.5, 0.6) is 0 Å². The molecule has 1 aromatic carbocycles. The molecule has 2 nitrogen and oxygen atoms in total. The van der Waals surface area contributed by atoms with E-state index in [0.717, 1.165) is 11.4 Å². The van der Waals surface area contributed by atoms with Gasteiger partial charge in [0.15, 0.2) is 0 Å². The van der Waals surface area contributed by atoms with Crippen LogP contribution in [0.2, 0.25) is 0 Å². The number of aromatic nitrogens is 2. The van der Waals surface area contributed by atoms with Gasteiger partial charge in [-0.1, -0.05) is 18.2 Å². The van der Waals surface area contributed by atoms with Gasteiger partial charge in [0.25, 0.3) is 0 Å². The normalized spacial score (nSPS) is 14.0. The second-order valence-corrected chi connectivity index (χ2v) is 4.96. The van der Waals surface area contributed by atoms with Crippen LogP contribution in [-0.4, -0.2) is 9.97 Å². The molecule has 0 saturated heterocycles. The molecule has 0 radical (unpaired) electrons. The summed E-state index contributed by atoms with van der Waals surface area (Å²) in [7, 11) is 0. The van der Waals surface area contributed by atoms with Gasteiger partial charge >= 0.3 is 0 Å². The number of aromatic amines is 1. The number of nitrogens with one attached hydrogen (secondary N) is 1. The minimum absolute atomic E-state index is 1.06. The lowest BCUT2D eigenvalue weighted by molar-refractivity contribution is 0.911. The van der Waals surface area contributed by atoms with E-state index in [9.17, 15) is 0 Å². The Hall–Kier alpha value is -2.09. The highest BCUT2D eigenvalue weighted by Crippen LogP contribution is 2.27. The van der Waals surface area contributed by atoms with Crippen molar-refractivity contribution in [1.82, 2.24) is 9.97 Å². The lowest BCUT2D eigenvalue weighted by atomic mass is 10.1. The minimum atomic E-state index is 1.06. The Morgan fingerprint density at radius 1 is 1.00 bits per heavy atom. The first-order valence-corrected chi connectivity index (χ1v) is 6.46. The van der Waals surface area contributed by atoms with Gasteiger partial charge in [-0.05, 0) is 48.6 Å². The van der Waals surface area contributed by atoms with Crippen molar-refractivity contribution >= 4 is 10.9 Å². The molecule has 1 aliphatic carbocycles. The first-order valence-electron chi connectivity index (χ1n) is 6.46. The Morgan fingerprint density at radius 3 is 2.83 bits per heavy atom. The van der Waals surface area contributed by atoms with Gasteiger partial charge in [0.05, 0.1) is 11.4 Å². The van der Waals surface area contributed by atoms with Crippen LogP contribution >= 0.6 is 0 Å². The van der Waals surface area contributed by atoms with Gasteiger partial charge in [-0.2, -0.15) is 0 Å². The van der Waals surface area contributed by atoms with E-state index in [2.05, 4.69) is 46.4 Å². The van der Waals surface area contributed by atoms with Gasteiger partial charge in [-0.3, -0.25) is 4.98 Å². The second-order valence-electron chi connectivity index (χ2n) is 4.96. The molecule has 0 spiro atoms. The van der Waals surface area contributed by atoms with E-state index in [4.69, 9.17) is 0 Å². The van der Waals surface area contributed by atoms with Crippen LogP contribution in [0.3, 0.4) is 0 Å². The van der Waals surface area contributed by atoms with Gasteiger partial charge < -0.3 is 4.98 Å². The van der Waals surface area contributed by atoms with Crippen LogP contribution in [0.15, 0.2) is 42.6 Å². The number of fused-ring (bicyclic) bond motifs is 2. The first kappa shape index (κ1) is 9.89. The Labute approximate surface area is 106 Å². The highest BCUT2D eigenvalue weighted by molar-refractivity contribution is 5.85. The van der Waals surface area contributed by atoms with Crippen molar-refractivity contribution in [2.45, 2.75) is 19.3 Å². The van der Waals surface area contributed by atoms with E-state index in [1.54, 1.807) is 0 Å². The molecule has 4 rings (SSSR count). The fourth-order valence-corrected chi connectivity index (χ4v) is 2.81. The molecular weight excluding hydrogens is 220 g/mol. The SMILES string of the molecule is c1ccc2[nH]c(-c3cc4c(cn3)CCC4)cc2c1. The van der Waals surface area contributed by atoms with E-state index in [1.807, 2.05) is 6.20 Å².